The van der Waals surface area contributed by atoms with Crippen LogP contribution >= 0.6 is 11.3 Å². The predicted molar refractivity (Wildman–Crippen MR) is 192 cm³/mol. The van der Waals surface area contributed by atoms with E-state index < -0.39 is 0 Å². The van der Waals surface area contributed by atoms with Gasteiger partial charge in [-0.2, -0.15) is 0 Å². The lowest BCUT2D eigenvalue weighted by Gasteiger charge is -2.26. The molecule has 0 bridgehead atoms. The van der Waals surface area contributed by atoms with Crippen LogP contribution in [0.25, 0.3) is 63.6 Å². The van der Waals surface area contributed by atoms with Crippen LogP contribution in [0.3, 0.4) is 0 Å². The number of hydrogen-bond acceptors (Lipinski definition) is 2. The summed E-state index contributed by atoms with van der Waals surface area (Å²) in [4.78, 5) is 2.40. The SMILES string of the molecule is c1cc(-c2cccc3c2ccc2ccccc23)cc(N(c2ccc3ccccc3c2)c2ccc3c(c2)sc2ccccc23)c1. The molecule has 0 aliphatic carbocycles. The lowest BCUT2D eigenvalue weighted by molar-refractivity contribution is 1.30. The van der Waals surface area contributed by atoms with Crippen LogP contribution in [-0.4, -0.2) is 0 Å². The van der Waals surface area contributed by atoms with Crippen LogP contribution in [-0.2, 0) is 0 Å². The fourth-order valence-electron chi connectivity index (χ4n) is 6.72. The third-order valence-electron chi connectivity index (χ3n) is 8.81. The fraction of sp³-hybridized carbons (Fsp3) is 0. The van der Waals surface area contributed by atoms with Gasteiger partial charge in [0.05, 0.1) is 0 Å². The number of nitrogens with zero attached hydrogens (tertiary/aromatic N) is 1. The summed E-state index contributed by atoms with van der Waals surface area (Å²) in [6.45, 7) is 0. The first-order valence-corrected chi connectivity index (χ1v) is 15.8. The molecule has 0 aliphatic rings. The van der Waals surface area contributed by atoms with Crippen molar-refractivity contribution in [3.8, 4) is 11.1 Å². The third kappa shape index (κ3) is 4.07. The molecule has 0 fully saturated rings. The highest BCUT2D eigenvalue weighted by molar-refractivity contribution is 7.25. The van der Waals surface area contributed by atoms with Crippen molar-refractivity contribution in [1.82, 2.24) is 0 Å². The zero-order valence-corrected chi connectivity index (χ0v) is 24.8. The molecule has 0 radical (unpaired) electrons. The van der Waals surface area contributed by atoms with Crippen molar-refractivity contribution in [2.75, 3.05) is 4.90 Å². The van der Waals surface area contributed by atoms with Crippen molar-refractivity contribution < 1.29 is 0 Å². The van der Waals surface area contributed by atoms with Crippen LogP contribution in [0.4, 0.5) is 17.1 Å². The van der Waals surface area contributed by atoms with Gasteiger partial charge in [0, 0.05) is 37.2 Å². The Balaban J connectivity index is 1.25. The van der Waals surface area contributed by atoms with Gasteiger partial charge in [0.2, 0.25) is 0 Å². The highest BCUT2D eigenvalue weighted by Gasteiger charge is 2.17. The molecule has 8 aromatic carbocycles. The summed E-state index contributed by atoms with van der Waals surface area (Å²) in [6.07, 6.45) is 0. The average molecular weight is 578 g/mol. The Kier molecular flexibility index (Phi) is 5.75. The highest BCUT2D eigenvalue weighted by Crippen LogP contribution is 2.42. The molecule has 0 spiro atoms. The van der Waals surface area contributed by atoms with Crippen LogP contribution < -0.4 is 4.90 Å². The summed E-state index contributed by atoms with van der Waals surface area (Å²) in [5, 5.41) is 10.2. The smallest absolute Gasteiger partial charge is 0.0476 e. The van der Waals surface area contributed by atoms with E-state index in [1.807, 2.05) is 11.3 Å². The number of rotatable bonds is 4. The van der Waals surface area contributed by atoms with Gasteiger partial charge in [0.25, 0.3) is 0 Å². The lowest BCUT2D eigenvalue weighted by atomic mass is 9.94. The minimum Gasteiger partial charge on any atom is -0.310 e. The van der Waals surface area contributed by atoms with E-state index in [2.05, 4.69) is 169 Å². The molecule has 0 unspecified atom stereocenters. The van der Waals surface area contributed by atoms with Gasteiger partial charge in [-0.05, 0) is 85.9 Å². The summed E-state index contributed by atoms with van der Waals surface area (Å²) in [6, 6.07) is 59.8. The summed E-state index contributed by atoms with van der Waals surface area (Å²) in [7, 11) is 0. The van der Waals surface area contributed by atoms with Crippen LogP contribution in [0.5, 0.6) is 0 Å². The lowest BCUT2D eigenvalue weighted by Crippen LogP contribution is -2.10. The number of hydrogen-bond donors (Lipinski definition) is 0. The van der Waals surface area contributed by atoms with E-state index in [-0.39, 0.29) is 0 Å². The van der Waals surface area contributed by atoms with E-state index in [0.29, 0.717) is 0 Å². The van der Waals surface area contributed by atoms with Gasteiger partial charge in [-0.15, -0.1) is 11.3 Å². The molecular weight excluding hydrogens is 551 g/mol. The van der Waals surface area contributed by atoms with Crippen molar-refractivity contribution in [2.45, 2.75) is 0 Å². The maximum atomic E-state index is 2.40. The number of fused-ring (bicyclic) bond motifs is 7. The van der Waals surface area contributed by atoms with Gasteiger partial charge < -0.3 is 4.90 Å². The molecule has 0 saturated heterocycles. The molecule has 2 heteroatoms. The zero-order chi connectivity index (χ0) is 29.0. The second-order valence-corrected chi connectivity index (χ2v) is 12.5. The van der Waals surface area contributed by atoms with Gasteiger partial charge in [0.1, 0.15) is 0 Å². The van der Waals surface area contributed by atoms with E-state index in [4.69, 9.17) is 0 Å². The van der Waals surface area contributed by atoms with Crippen molar-refractivity contribution in [3.63, 3.8) is 0 Å². The minimum absolute atomic E-state index is 1.14. The van der Waals surface area contributed by atoms with Gasteiger partial charge >= 0.3 is 0 Å². The van der Waals surface area contributed by atoms with Crippen LogP contribution in [0.2, 0.25) is 0 Å². The maximum absolute atomic E-state index is 2.40. The monoisotopic (exact) mass is 577 g/mol. The largest absolute Gasteiger partial charge is 0.310 e. The average Bonchev–Trinajstić information content (AvgIpc) is 3.46. The minimum atomic E-state index is 1.14. The van der Waals surface area contributed by atoms with E-state index in [1.54, 1.807) is 0 Å². The van der Waals surface area contributed by atoms with E-state index in [9.17, 15) is 0 Å². The summed E-state index contributed by atoms with van der Waals surface area (Å²) < 4.78 is 2.62. The number of thiophene rings is 1. The molecule has 0 atom stereocenters. The molecule has 0 aliphatic heterocycles. The van der Waals surface area contributed by atoms with Crippen LogP contribution in [0.15, 0.2) is 164 Å². The Morgan fingerprint density at radius 1 is 0.341 bits per heavy atom. The normalized spacial score (nSPS) is 11.6. The third-order valence-corrected chi connectivity index (χ3v) is 9.95. The predicted octanol–water partition coefficient (Wildman–Crippen LogP) is 12.7. The van der Waals surface area contributed by atoms with E-state index >= 15 is 0 Å². The summed E-state index contributed by atoms with van der Waals surface area (Å²) in [5.74, 6) is 0. The zero-order valence-electron chi connectivity index (χ0n) is 23.9. The van der Waals surface area contributed by atoms with Gasteiger partial charge in [-0.25, -0.2) is 0 Å². The fourth-order valence-corrected chi connectivity index (χ4v) is 7.86. The van der Waals surface area contributed by atoms with Crippen molar-refractivity contribution in [3.05, 3.63) is 164 Å². The molecule has 206 valence electrons. The van der Waals surface area contributed by atoms with Crippen LogP contribution in [0, 0.1) is 0 Å². The maximum Gasteiger partial charge on any atom is 0.0476 e. The quantitative estimate of drug-likeness (QED) is 0.188. The van der Waals surface area contributed by atoms with Crippen molar-refractivity contribution in [1.29, 1.82) is 0 Å². The highest BCUT2D eigenvalue weighted by atomic mass is 32.1. The van der Waals surface area contributed by atoms with Crippen molar-refractivity contribution in [2.24, 2.45) is 0 Å². The molecule has 1 aromatic heterocycles. The Labute approximate surface area is 259 Å². The van der Waals surface area contributed by atoms with E-state index in [1.165, 1.54) is 63.6 Å². The second kappa shape index (κ2) is 10.1. The molecule has 1 heterocycles. The molecule has 0 amide bonds. The van der Waals surface area contributed by atoms with Gasteiger partial charge in [-0.1, -0.05) is 121 Å². The van der Waals surface area contributed by atoms with Crippen molar-refractivity contribution >= 4 is 80.9 Å². The molecule has 0 N–H and O–H groups in total. The van der Waals surface area contributed by atoms with Gasteiger partial charge in [-0.3, -0.25) is 0 Å². The Bertz CT molecular complexity index is 2520. The first-order chi connectivity index (χ1) is 21.8. The summed E-state index contributed by atoms with van der Waals surface area (Å²) in [5.41, 5.74) is 5.88. The molecular formula is C42H27NS. The Hall–Kier alpha value is -5.44. The summed E-state index contributed by atoms with van der Waals surface area (Å²) >= 11 is 1.86. The molecule has 9 aromatic rings. The topological polar surface area (TPSA) is 3.24 Å². The van der Waals surface area contributed by atoms with E-state index in [0.717, 1.165) is 17.1 Å². The molecule has 0 saturated carbocycles. The molecule has 44 heavy (non-hydrogen) atoms. The number of anilines is 3. The van der Waals surface area contributed by atoms with Gasteiger partial charge in [0.15, 0.2) is 0 Å². The molecule has 9 rings (SSSR count). The first kappa shape index (κ1) is 25.1. The second-order valence-electron chi connectivity index (χ2n) is 11.4. The molecule has 1 nitrogen and oxygen atoms in total. The first-order valence-electron chi connectivity index (χ1n) is 15.0. The standard InChI is InChI=1S/C42H27NS/c1-2-11-30-25-33(21-19-28(30)9-1)43(34-22-24-40-39-15-5-6-18-41(39)44-42(40)27-34)32-13-7-12-31(26-32)36-16-8-17-37-35-14-4-3-10-29(35)20-23-38(36)37/h1-27H. The Morgan fingerprint density at radius 2 is 0.977 bits per heavy atom. The van der Waals surface area contributed by atoms with Crippen LogP contribution in [0.1, 0.15) is 0 Å². The Morgan fingerprint density at radius 3 is 1.91 bits per heavy atom. The number of benzene rings is 8.